The number of carbonyl (C=O) groups excluding carboxylic acids is 2. The molecule has 0 radical (unpaired) electrons. The first-order chi connectivity index (χ1) is 14.4. The summed E-state index contributed by atoms with van der Waals surface area (Å²) in [7, 11) is 0. The minimum atomic E-state index is -0.333. The first-order valence-corrected chi connectivity index (χ1v) is 10.4. The van der Waals surface area contributed by atoms with E-state index >= 15 is 0 Å². The van der Waals surface area contributed by atoms with Gasteiger partial charge < -0.3 is 15.5 Å². The van der Waals surface area contributed by atoms with Crippen LogP contribution >= 0.6 is 11.6 Å². The van der Waals surface area contributed by atoms with Crippen LogP contribution < -0.4 is 5.73 Å². The lowest BCUT2D eigenvalue weighted by atomic mass is 9.97. The summed E-state index contributed by atoms with van der Waals surface area (Å²) in [6, 6.07) is 5.13. The number of hydrogen-bond donors (Lipinski definition) is 1. The minimum absolute atomic E-state index is 0.0580. The summed E-state index contributed by atoms with van der Waals surface area (Å²) in [6.07, 6.45) is 6.27. The summed E-state index contributed by atoms with van der Waals surface area (Å²) in [5.41, 5.74) is 7.72. The van der Waals surface area contributed by atoms with E-state index in [1.807, 2.05) is 24.0 Å². The van der Waals surface area contributed by atoms with Crippen LogP contribution in [-0.2, 0) is 9.59 Å². The van der Waals surface area contributed by atoms with Crippen molar-refractivity contribution in [3.63, 3.8) is 0 Å². The number of benzene rings is 1. The highest BCUT2D eigenvalue weighted by Gasteiger charge is 2.41. The molecule has 1 aromatic carbocycles. The number of rotatable bonds is 4. The van der Waals surface area contributed by atoms with Crippen molar-refractivity contribution in [2.24, 2.45) is 5.92 Å². The number of anilines is 1. The largest absolute Gasteiger partial charge is 0.396 e. The maximum atomic E-state index is 12.8. The Kier molecular flexibility index (Phi) is 5.47. The molecule has 2 amide bonds. The number of nitrogen functional groups attached to an aromatic ring is 1. The van der Waals surface area contributed by atoms with Crippen LogP contribution in [-0.4, -0.2) is 50.7 Å². The topological polar surface area (TPSA) is 92.4 Å². The van der Waals surface area contributed by atoms with Gasteiger partial charge in [-0.2, -0.15) is 0 Å². The van der Waals surface area contributed by atoms with Crippen molar-refractivity contribution >= 4 is 29.1 Å². The van der Waals surface area contributed by atoms with Crippen molar-refractivity contribution in [1.29, 1.82) is 0 Å². The van der Waals surface area contributed by atoms with Crippen LogP contribution in [0.3, 0.4) is 0 Å². The van der Waals surface area contributed by atoms with Crippen LogP contribution in [0.25, 0.3) is 11.4 Å². The molecule has 1 saturated heterocycles. The molecule has 0 spiro atoms. The Morgan fingerprint density at radius 3 is 2.50 bits per heavy atom. The number of aromatic nitrogens is 2. The Morgan fingerprint density at radius 1 is 1.17 bits per heavy atom. The normalized spacial score (nSPS) is 21.4. The van der Waals surface area contributed by atoms with E-state index in [-0.39, 0.29) is 29.8 Å². The second-order valence-electron chi connectivity index (χ2n) is 7.94. The predicted octanol–water partition coefficient (Wildman–Crippen LogP) is 3.08. The second-order valence-corrected chi connectivity index (χ2v) is 8.37. The van der Waals surface area contributed by atoms with E-state index in [0.29, 0.717) is 29.6 Å². The molecule has 30 heavy (non-hydrogen) atoms. The van der Waals surface area contributed by atoms with E-state index in [1.54, 1.807) is 11.0 Å². The Balaban J connectivity index is 1.72. The molecule has 2 atom stereocenters. The zero-order valence-electron chi connectivity index (χ0n) is 16.8. The molecule has 2 fully saturated rings. The number of carbonyl (C=O) groups is 2. The minimum Gasteiger partial charge on any atom is -0.396 e. The molecule has 2 aliphatic rings. The van der Waals surface area contributed by atoms with Gasteiger partial charge in [0.2, 0.25) is 11.8 Å². The molecule has 0 unspecified atom stereocenters. The van der Waals surface area contributed by atoms with E-state index in [1.165, 1.54) is 18.5 Å². The fourth-order valence-electron chi connectivity index (χ4n) is 3.91. The van der Waals surface area contributed by atoms with Gasteiger partial charge in [0.05, 0.1) is 24.1 Å². The average molecular weight is 426 g/mol. The Morgan fingerprint density at radius 2 is 1.87 bits per heavy atom. The molecule has 1 aliphatic carbocycles. The molecular weight excluding hydrogens is 402 g/mol. The molecule has 8 heteroatoms. The summed E-state index contributed by atoms with van der Waals surface area (Å²) >= 11 is 6.42. The third kappa shape index (κ3) is 4.03. The molecule has 1 aromatic heterocycles. The second kappa shape index (κ2) is 8.07. The van der Waals surface area contributed by atoms with Crippen molar-refractivity contribution in [3.05, 3.63) is 53.8 Å². The molecule has 2 aromatic rings. The third-order valence-electron chi connectivity index (χ3n) is 5.64. The molecule has 1 aliphatic heterocycles. The SMILES string of the molecule is C=CC(=O)N1C[C@@H](C)N(C(=O)C2CC2)C[C@H]1c1cc(Cl)cc(-c2ncc(N)cn2)c1. The lowest BCUT2D eigenvalue weighted by Crippen LogP contribution is -2.56. The molecule has 2 heterocycles. The smallest absolute Gasteiger partial charge is 0.246 e. The summed E-state index contributed by atoms with van der Waals surface area (Å²) in [6.45, 7) is 6.47. The van der Waals surface area contributed by atoms with E-state index in [0.717, 1.165) is 24.0 Å². The van der Waals surface area contributed by atoms with Gasteiger partial charge in [-0.05, 0) is 49.6 Å². The van der Waals surface area contributed by atoms with Crippen LogP contribution in [0.5, 0.6) is 0 Å². The zero-order valence-corrected chi connectivity index (χ0v) is 17.5. The van der Waals surface area contributed by atoms with E-state index in [9.17, 15) is 9.59 Å². The van der Waals surface area contributed by atoms with Gasteiger partial charge >= 0.3 is 0 Å². The van der Waals surface area contributed by atoms with Crippen LogP contribution in [0.4, 0.5) is 5.69 Å². The molecular formula is C22H24ClN5O2. The van der Waals surface area contributed by atoms with Gasteiger partial charge in [-0.1, -0.05) is 18.2 Å². The molecule has 7 nitrogen and oxygen atoms in total. The number of amides is 2. The first kappa shape index (κ1) is 20.3. The molecule has 1 saturated carbocycles. The average Bonchev–Trinajstić information content (AvgIpc) is 3.58. The van der Waals surface area contributed by atoms with Gasteiger partial charge in [0.25, 0.3) is 0 Å². The quantitative estimate of drug-likeness (QED) is 0.760. The monoisotopic (exact) mass is 425 g/mol. The van der Waals surface area contributed by atoms with Crippen LogP contribution in [0.1, 0.15) is 31.4 Å². The first-order valence-electron chi connectivity index (χ1n) is 9.99. The number of nitrogens with zero attached hydrogens (tertiary/aromatic N) is 4. The van der Waals surface area contributed by atoms with Gasteiger partial charge in [-0.15, -0.1) is 0 Å². The standard InChI is InChI=1S/C22H24ClN5O2/c1-3-20(29)28-11-13(2)27(22(30)14-4-5-14)12-19(28)15-6-16(8-17(23)7-15)21-25-9-18(24)10-26-21/h3,6-10,13-14,19H,1,4-5,11-12,24H2,2H3/t13-,19+/m1/s1. The lowest BCUT2D eigenvalue weighted by Gasteiger charge is -2.45. The van der Waals surface area contributed by atoms with Gasteiger partial charge in [-0.3, -0.25) is 9.59 Å². The zero-order chi connectivity index (χ0) is 21.4. The van der Waals surface area contributed by atoms with Crippen molar-refractivity contribution < 1.29 is 9.59 Å². The number of piperazine rings is 1. The third-order valence-corrected chi connectivity index (χ3v) is 5.86. The fourth-order valence-corrected chi connectivity index (χ4v) is 4.16. The highest BCUT2D eigenvalue weighted by Crippen LogP contribution is 2.37. The number of halogens is 1. The molecule has 156 valence electrons. The fraction of sp³-hybridized carbons (Fsp3) is 0.364. The summed E-state index contributed by atoms with van der Waals surface area (Å²) in [5.74, 6) is 0.607. The summed E-state index contributed by atoms with van der Waals surface area (Å²) in [4.78, 5) is 37.7. The lowest BCUT2D eigenvalue weighted by molar-refractivity contribution is -0.145. The van der Waals surface area contributed by atoms with Crippen molar-refractivity contribution in [2.45, 2.75) is 31.8 Å². The highest BCUT2D eigenvalue weighted by atomic mass is 35.5. The Labute approximate surface area is 180 Å². The van der Waals surface area contributed by atoms with Crippen molar-refractivity contribution in [3.8, 4) is 11.4 Å². The number of nitrogens with two attached hydrogens (primary N) is 1. The maximum absolute atomic E-state index is 12.8. The predicted molar refractivity (Wildman–Crippen MR) is 115 cm³/mol. The van der Waals surface area contributed by atoms with Gasteiger partial charge in [0.15, 0.2) is 5.82 Å². The molecule has 4 rings (SSSR count). The number of hydrogen-bond acceptors (Lipinski definition) is 5. The van der Waals surface area contributed by atoms with E-state index < -0.39 is 0 Å². The maximum Gasteiger partial charge on any atom is 0.246 e. The van der Waals surface area contributed by atoms with Gasteiger partial charge in [-0.25, -0.2) is 9.97 Å². The summed E-state index contributed by atoms with van der Waals surface area (Å²) < 4.78 is 0. The van der Waals surface area contributed by atoms with Crippen LogP contribution in [0, 0.1) is 5.92 Å². The Bertz CT molecular complexity index is 990. The van der Waals surface area contributed by atoms with Crippen molar-refractivity contribution in [2.75, 3.05) is 18.8 Å². The summed E-state index contributed by atoms with van der Waals surface area (Å²) in [5, 5.41) is 0.507. The van der Waals surface area contributed by atoms with Crippen molar-refractivity contribution in [1.82, 2.24) is 19.8 Å². The van der Waals surface area contributed by atoms with E-state index in [4.69, 9.17) is 17.3 Å². The Hall–Kier alpha value is -2.93. The van der Waals surface area contributed by atoms with Crippen LogP contribution in [0.15, 0.2) is 43.2 Å². The molecule has 0 bridgehead atoms. The molecule has 2 N–H and O–H groups in total. The van der Waals surface area contributed by atoms with Crippen LogP contribution in [0.2, 0.25) is 5.02 Å². The van der Waals surface area contributed by atoms with E-state index in [2.05, 4.69) is 16.5 Å². The van der Waals surface area contributed by atoms with Gasteiger partial charge in [0.1, 0.15) is 0 Å². The highest BCUT2D eigenvalue weighted by molar-refractivity contribution is 6.31. The van der Waals surface area contributed by atoms with Gasteiger partial charge in [0, 0.05) is 35.6 Å².